The summed E-state index contributed by atoms with van der Waals surface area (Å²) >= 11 is 0. The molecule has 0 aliphatic rings. The zero-order valence-electron chi connectivity index (χ0n) is 12.4. The molecule has 7 heteroatoms. The van der Waals surface area contributed by atoms with E-state index >= 15 is 0 Å². The Hall–Kier alpha value is -2.57. The Morgan fingerprint density at radius 3 is 2.57 bits per heavy atom. The first-order valence-electron chi connectivity index (χ1n) is 6.98. The summed E-state index contributed by atoms with van der Waals surface area (Å²) in [6, 6.07) is 8.70. The Labute approximate surface area is 131 Å². The van der Waals surface area contributed by atoms with Crippen molar-refractivity contribution in [2.45, 2.75) is 19.5 Å². The molecule has 0 radical (unpaired) electrons. The highest BCUT2D eigenvalue weighted by atomic mass is 19.4. The molecule has 2 rings (SSSR count). The Morgan fingerprint density at radius 2 is 1.96 bits per heavy atom. The van der Waals surface area contributed by atoms with Gasteiger partial charge in [-0.1, -0.05) is 19.1 Å². The predicted molar refractivity (Wildman–Crippen MR) is 79.4 cm³/mol. The summed E-state index contributed by atoms with van der Waals surface area (Å²) in [5.41, 5.74) is -0.560. The maximum Gasteiger partial charge on any atom is 0.433 e. The quantitative estimate of drug-likeness (QED) is 0.899. The molecule has 0 fully saturated rings. The predicted octanol–water partition coefficient (Wildman–Crippen LogP) is 4.14. The van der Waals surface area contributed by atoms with Crippen LogP contribution >= 0.6 is 0 Å². The number of hydrogen-bond acceptors (Lipinski definition) is 3. The molecule has 0 bridgehead atoms. The van der Waals surface area contributed by atoms with Crippen LogP contribution in [0.5, 0.6) is 5.75 Å². The monoisotopic (exact) mass is 324 g/mol. The molecular formula is C16H15F3N2O2. The van der Waals surface area contributed by atoms with Crippen molar-refractivity contribution in [2.24, 2.45) is 0 Å². The number of benzene rings is 1. The number of ether oxygens (including phenoxy) is 1. The van der Waals surface area contributed by atoms with Gasteiger partial charge in [0, 0.05) is 6.20 Å². The van der Waals surface area contributed by atoms with Crippen LogP contribution in [0.2, 0.25) is 0 Å². The zero-order valence-corrected chi connectivity index (χ0v) is 12.4. The molecule has 0 atom stereocenters. The summed E-state index contributed by atoms with van der Waals surface area (Å²) in [5, 5.41) is 2.61. The number of anilines is 1. The van der Waals surface area contributed by atoms with E-state index in [1.165, 1.54) is 0 Å². The molecule has 1 N–H and O–H groups in total. The smallest absolute Gasteiger partial charge is 0.433 e. The van der Waals surface area contributed by atoms with Crippen molar-refractivity contribution in [1.82, 2.24) is 4.98 Å². The third-order valence-corrected chi connectivity index (χ3v) is 2.91. The summed E-state index contributed by atoms with van der Waals surface area (Å²) in [6.07, 6.45) is -2.83. The average molecular weight is 324 g/mol. The number of rotatable bonds is 5. The number of pyridine rings is 1. The number of nitrogens with zero attached hydrogens (tertiary/aromatic N) is 1. The Bertz CT molecular complexity index is 670. The summed E-state index contributed by atoms with van der Waals surface area (Å²) < 4.78 is 42.9. The molecule has 2 aromatic rings. The van der Waals surface area contributed by atoms with E-state index < -0.39 is 17.8 Å². The van der Waals surface area contributed by atoms with Gasteiger partial charge in [-0.3, -0.25) is 9.78 Å². The van der Waals surface area contributed by atoms with Gasteiger partial charge in [0.25, 0.3) is 5.91 Å². The summed E-state index contributed by atoms with van der Waals surface area (Å²) in [5.74, 6) is -0.0543. The zero-order chi connectivity index (χ0) is 16.9. The van der Waals surface area contributed by atoms with Gasteiger partial charge in [0.1, 0.15) is 11.4 Å². The van der Waals surface area contributed by atoms with Crippen LogP contribution in [0.1, 0.15) is 29.4 Å². The molecule has 23 heavy (non-hydrogen) atoms. The first kappa shape index (κ1) is 16.8. The second-order valence-corrected chi connectivity index (χ2v) is 4.73. The van der Waals surface area contributed by atoms with E-state index in [-0.39, 0.29) is 5.56 Å². The SMILES string of the molecule is CCCOc1ccccc1NC(=O)c1ccc(C(F)(F)F)nc1. The van der Waals surface area contributed by atoms with E-state index in [0.717, 1.165) is 24.8 Å². The molecule has 122 valence electrons. The lowest BCUT2D eigenvalue weighted by atomic mass is 10.2. The normalized spacial score (nSPS) is 11.1. The van der Waals surface area contributed by atoms with E-state index in [1.54, 1.807) is 24.3 Å². The van der Waals surface area contributed by atoms with Crippen molar-refractivity contribution in [3.05, 3.63) is 53.9 Å². The highest BCUT2D eigenvalue weighted by Crippen LogP contribution is 2.28. The minimum atomic E-state index is -4.53. The van der Waals surface area contributed by atoms with Gasteiger partial charge >= 0.3 is 6.18 Å². The van der Waals surface area contributed by atoms with Crippen molar-refractivity contribution >= 4 is 11.6 Å². The van der Waals surface area contributed by atoms with Crippen molar-refractivity contribution in [3.8, 4) is 5.75 Å². The van der Waals surface area contributed by atoms with Gasteiger partial charge in [-0.15, -0.1) is 0 Å². The fraction of sp³-hybridized carbons (Fsp3) is 0.250. The number of halogens is 3. The van der Waals surface area contributed by atoms with Gasteiger partial charge in [0.2, 0.25) is 0 Å². The van der Waals surface area contributed by atoms with Gasteiger partial charge in [-0.2, -0.15) is 13.2 Å². The number of para-hydroxylation sites is 2. The molecule has 1 heterocycles. The largest absolute Gasteiger partial charge is 0.491 e. The number of hydrogen-bond donors (Lipinski definition) is 1. The molecule has 4 nitrogen and oxygen atoms in total. The molecule has 0 saturated carbocycles. The second-order valence-electron chi connectivity index (χ2n) is 4.73. The average Bonchev–Trinajstić information content (AvgIpc) is 2.53. The molecule has 1 aromatic carbocycles. The van der Waals surface area contributed by atoms with E-state index in [0.29, 0.717) is 18.0 Å². The van der Waals surface area contributed by atoms with Crippen molar-refractivity contribution < 1.29 is 22.7 Å². The minimum absolute atomic E-state index is 0.0308. The fourth-order valence-electron chi connectivity index (χ4n) is 1.80. The number of aromatic nitrogens is 1. The number of nitrogens with one attached hydrogen (secondary N) is 1. The van der Waals surface area contributed by atoms with Crippen molar-refractivity contribution in [2.75, 3.05) is 11.9 Å². The van der Waals surface area contributed by atoms with E-state index in [9.17, 15) is 18.0 Å². The molecule has 1 amide bonds. The van der Waals surface area contributed by atoms with Gasteiger partial charge < -0.3 is 10.1 Å². The van der Waals surface area contributed by atoms with Crippen LogP contribution in [0.4, 0.5) is 18.9 Å². The first-order valence-corrected chi connectivity index (χ1v) is 6.98. The third-order valence-electron chi connectivity index (χ3n) is 2.91. The molecule has 1 aromatic heterocycles. The first-order chi connectivity index (χ1) is 10.9. The number of alkyl halides is 3. The summed E-state index contributed by atoms with van der Waals surface area (Å²) in [6.45, 7) is 2.45. The third kappa shape index (κ3) is 4.45. The lowest BCUT2D eigenvalue weighted by molar-refractivity contribution is -0.141. The van der Waals surface area contributed by atoms with Gasteiger partial charge in [0.15, 0.2) is 0 Å². The standard InChI is InChI=1S/C16H15F3N2O2/c1-2-9-23-13-6-4-3-5-12(13)21-15(22)11-7-8-14(20-10-11)16(17,18)19/h3-8,10H,2,9H2,1H3,(H,21,22). The highest BCUT2D eigenvalue weighted by Gasteiger charge is 2.32. The Kier molecular flexibility index (Phi) is 5.20. The van der Waals surface area contributed by atoms with Crippen LogP contribution < -0.4 is 10.1 Å². The van der Waals surface area contributed by atoms with Crippen LogP contribution in [0.15, 0.2) is 42.6 Å². The maximum atomic E-state index is 12.5. The van der Waals surface area contributed by atoms with Crippen LogP contribution in [0.3, 0.4) is 0 Å². The number of carbonyl (C=O) groups excluding carboxylic acids is 1. The minimum Gasteiger partial charge on any atom is -0.491 e. The highest BCUT2D eigenvalue weighted by molar-refractivity contribution is 6.04. The van der Waals surface area contributed by atoms with Crippen LogP contribution in [0, 0.1) is 0 Å². The van der Waals surface area contributed by atoms with Crippen molar-refractivity contribution in [1.29, 1.82) is 0 Å². The van der Waals surface area contributed by atoms with Crippen LogP contribution in [0.25, 0.3) is 0 Å². The summed E-state index contributed by atoms with van der Waals surface area (Å²) in [7, 11) is 0. The maximum absolute atomic E-state index is 12.5. The van der Waals surface area contributed by atoms with E-state index in [1.807, 2.05) is 6.92 Å². The topological polar surface area (TPSA) is 51.2 Å². The van der Waals surface area contributed by atoms with Crippen molar-refractivity contribution in [3.63, 3.8) is 0 Å². The van der Waals surface area contributed by atoms with E-state index in [2.05, 4.69) is 10.3 Å². The lowest BCUT2D eigenvalue weighted by Crippen LogP contribution is -2.15. The molecule has 0 aliphatic heterocycles. The number of amides is 1. The molecule has 0 spiro atoms. The fourth-order valence-corrected chi connectivity index (χ4v) is 1.80. The molecular weight excluding hydrogens is 309 g/mol. The van der Waals surface area contributed by atoms with Crippen LogP contribution in [-0.2, 0) is 6.18 Å². The van der Waals surface area contributed by atoms with Crippen LogP contribution in [-0.4, -0.2) is 17.5 Å². The van der Waals surface area contributed by atoms with E-state index in [4.69, 9.17) is 4.74 Å². The second kappa shape index (κ2) is 7.13. The lowest BCUT2D eigenvalue weighted by Gasteiger charge is -2.12. The van der Waals surface area contributed by atoms with Gasteiger partial charge in [-0.05, 0) is 30.7 Å². The van der Waals surface area contributed by atoms with Gasteiger partial charge in [0.05, 0.1) is 17.9 Å². The Balaban J connectivity index is 2.13. The summed E-state index contributed by atoms with van der Waals surface area (Å²) in [4.78, 5) is 15.4. The molecule has 0 aliphatic carbocycles. The molecule has 0 saturated heterocycles. The number of carbonyl (C=O) groups is 1. The van der Waals surface area contributed by atoms with Gasteiger partial charge in [-0.25, -0.2) is 0 Å². The molecule has 0 unspecified atom stereocenters. The Morgan fingerprint density at radius 1 is 1.22 bits per heavy atom.